The second kappa shape index (κ2) is 3.55. The molecule has 0 atom stereocenters. The minimum absolute atomic E-state index is 0.883. The summed E-state index contributed by atoms with van der Waals surface area (Å²) >= 11 is 1.50. The maximum absolute atomic E-state index is 4.38. The van der Waals surface area contributed by atoms with Gasteiger partial charge in [-0.05, 0) is 37.5 Å². The number of hydrogen-bond donors (Lipinski definition) is 0. The lowest BCUT2D eigenvalue weighted by molar-refractivity contribution is 0.373. The van der Waals surface area contributed by atoms with Gasteiger partial charge < -0.3 is 4.90 Å². The third kappa shape index (κ3) is 1.95. The van der Waals surface area contributed by atoms with E-state index in [1.54, 1.807) is 0 Å². The smallest absolute Gasteiger partial charge is 0.140 e. The lowest BCUT2D eigenvalue weighted by atomic mass is 10.1. The number of hydrogen-bond acceptors (Lipinski definition) is 4. The molecule has 0 saturated heterocycles. The van der Waals surface area contributed by atoms with Crippen LogP contribution in [0.2, 0.25) is 0 Å². The van der Waals surface area contributed by atoms with Crippen molar-refractivity contribution in [2.75, 3.05) is 20.1 Å². The van der Waals surface area contributed by atoms with Crippen LogP contribution >= 0.6 is 11.5 Å². The third-order valence-corrected chi connectivity index (χ3v) is 3.03. The first-order chi connectivity index (χ1) is 6.25. The van der Waals surface area contributed by atoms with Crippen molar-refractivity contribution < 1.29 is 0 Å². The molecule has 1 aliphatic heterocycles. The summed E-state index contributed by atoms with van der Waals surface area (Å²) in [6.45, 7) is 4.10. The number of rotatable bonds is 1. The highest BCUT2D eigenvalue weighted by Gasteiger charge is 2.13. The molecule has 0 radical (unpaired) electrons. The Labute approximate surface area is 82.3 Å². The first-order valence-corrected chi connectivity index (χ1v) is 5.21. The zero-order chi connectivity index (χ0) is 9.26. The SMILES string of the molecule is Cc1nsc(C2=CCCN(C)C2)n1. The molecule has 0 amide bonds. The first kappa shape index (κ1) is 8.84. The van der Waals surface area contributed by atoms with Crippen molar-refractivity contribution in [2.24, 2.45) is 0 Å². The fourth-order valence-electron chi connectivity index (χ4n) is 1.48. The highest BCUT2D eigenvalue weighted by molar-refractivity contribution is 7.06. The van der Waals surface area contributed by atoms with E-state index in [2.05, 4.69) is 27.4 Å². The first-order valence-electron chi connectivity index (χ1n) is 4.44. The molecule has 0 aliphatic carbocycles. The van der Waals surface area contributed by atoms with E-state index in [9.17, 15) is 0 Å². The second-order valence-electron chi connectivity index (χ2n) is 3.40. The Hall–Kier alpha value is -0.740. The van der Waals surface area contributed by atoms with Crippen molar-refractivity contribution in [3.63, 3.8) is 0 Å². The van der Waals surface area contributed by atoms with Crippen LogP contribution in [-0.4, -0.2) is 34.4 Å². The van der Waals surface area contributed by atoms with Gasteiger partial charge in [0.05, 0.1) is 0 Å². The van der Waals surface area contributed by atoms with E-state index in [4.69, 9.17) is 0 Å². The number of nitrogens with zero attached hydrogens (tertiary/aromatic N) is 3. The van der Waals surface area contributed by atoms with Crippen LogP contribution in [0.4, 0.5) is 0 Å². The molecule has 3 nitrogen and oxygen atoms in total. The Morgan fingerprint density at radius 1 is 1.54 bits per heavy atom. The molecule has 4 heteroatoms. The van der Waals surface area contributed by atoms with Gasteiger partial charge in [0.1, 0.15) is 10.8 Å². The second-order valence-corrected chi connectivity index (χ2v) is 4.15. The Morgan fingerprint density at radius 2 is 2.38 bits per heavy atom. The standard InChI is InChI=1S/C9H13N3S/c1-7-10-9(13-11-7)8-4-3-5-12(2)6-8/h4H,3,5-6H2,1-2H3. The Kier molecular flexibility index (Phi) is 2.42. The molecule has 1 aromatic heterocycles. The number of likely N-dealkylation sites (N-methyl/N-ethyl adjacent to an activating group) is 1. The summed E-state index contributed by atoms with van der Waals surface area (Å²) < 4.78 is 4.19. The zero-order valence-corrected chi connectivity index (χ0v) is 8.77. The summed E-state index contributed by atoms with van der Waals surface area (Å²) in [6, 6.07) is 0. The van der Waals surface area contributed by atoms with Gasteiger partial charge in [-0.3, -0.25) is 0 Å². The molecule has 0 fully saturated rings. The summed E-state index contributed by atoms with van der Waals surface area (Å²) in [5.41, 5.74) is 1.33. The van der Waals surface area contributed by atoms with Crippen LogP contribution in [0.15, 0.2) is 6.08 Å². The van der Waals surface area contributed by atoms with Gasteiger partial charge in [-0.15, -0.1) is 0 Å². The van der Waals surface area contributed by atoms with Crippen molar-refractivity contribution in [1.29, 1.82) is 0 Å². The fourth-order valence-corrected chi connectivity index (χ4v) is 2.17. The summed E-state index contributed by atoms with van der Waals surface area (Å²) in [7, 11) is 2.14. The highest BCUT2D eigenvalue weighted by atomic mass is 32.1. The lowest BCUT2D eigenvalue weighted by Gasteiger charge is -2.21. The Bertz CT molecular complexity index is 329. The van der Waals surface area contributed by atoms with E-state index < -0.39 is 0 Å². The molecule has 13 heavy (non-hydrogen) atoms. The van der Waals surface area contributed by atoms with E-state index >= 15 is 0 Å². The Morgan fingerprint density at radius 3 is 3.00 bits per heavy atom. The summed E-state index contributed by atoms with van der Waals surface area (Å²) in [5, 5.41) is 1.09. The summed E-state index contributed by atoms with van der Waals surface area (Å²) in [5.74, 6) is 0.883. The van der Waals surface area contributed by atoms with E-state index in [-0.39, 0.29) is 0 Å². The predicted octanol–water partition coefficient (Wildman–Crippen LogP) is 1.57. The quantitative estimate of drug-likeness (QED) is 0.681. The van der Waals surface area contributed by atoms with E-state index in [1.165, 1.54) is 17.1 Å². The molecule has 0 saturated carbocycles. The predicted molar refractivity (Wildman–Crippen MR) is 54.7 cm³/mol. The monoisotopic (exact) mass is 195 g/mol. The lowest BCUT2D eigenvalue weighted by Crippen LogP contribution is -2.24. The molecular weight excluding hydrogens is 182 g/mol. The number of aromatic nitrogens is 2. The molecule has 1 aromatic rings. The van der Waals surface area contributed by atoms with Crippen LogP contribution in [0.3, 0.4) is 0 Å². The average molecular weight is 195 g/mol. The minimum atomic E-state index is 0.883. The van der Waals surface area contributed by atoms with Crippen LogP contribution in [0.5, 0.6) is 0 Å². The molecule has 1 aliphatic rings. The van der Waals surface area contributed by atoms with Crippen LogP contribution in [-0.2, 0) is 0 Å². The van der Waals surface area contributed by atoms with Crippen LogP contribution in [0.25, 0.3) is 5.57 Å². The summed E-state index contributed by atoms with van der Waals surface area (Å²) in [6.07, 6.45) is 3.41. The van der Waals surface area contributed by atoms with Crippen LogP contribution in [0, 0.1) is 6.92 Å². The maximum Gasteiger partial charge on any atom is 0.140 e. The highest BCUT2D eigenvalue weighted by Crippen LogP contribution is 2.21. The summed E-state index contributed by atoms with van der Waals surface area (Å²) in [4.78, 5) is 6.69. The molecule has 0 unspecified atom stereocenters. The van der Waals surface area contributed by atoms with E-state index in [0.29, 0.717) is 0 Å². The molecule has 0 bridgehead atoms. The van der Waals surface area contributed by atoms with Crippen LogP contribution < -0.4 is 0 Å². The van der Waals surface area contributed by atoms with Gasteiger partial charge in [-0.25, -0.2) is 4.98 Å². The largest absolute Gasteiger partial charge is 0.302 e. The van der Waals surface area contributed by atoms with Gasteiger partial charge >= 0.3 is 0 Å². The Balaban J connectivity index is 2.21. The van der Waals surface area contributed by atoms with E-state index in [1.807, 2.05) is 6.92 Å². The third-order valence-electron chi connectivity index (χ3n) is 2.14. The van der Waals surface area contributed by atoms with E-state index in [0.717, 1.165) is 30.3 Å². The van der Waals surface area contributed by atoms with Crippen LogP contribution in [0.1, 0.15) is 17.3 Å². The molecule has 0 aromatic carbocycles. The van der Waals surface area contributed by atoms with Gasteiger partial charge in [-0.1, -0.05) is 6.08 Å². The molecule has 0 N–H and O–H groups in total. The van der Waals surface area contributed by atoms with Gasteiger partial charge in [0.2, 0.25) is 0 Å². The molecule has 2 heterocycles. The fraction of sp³-hybridized carbons (Fsp3) is 0.556. The zero-order valence-electron chi connectivity index (χ0n) is 7.95. The van der Waals surface area contributed by atoms with Crippen molar-refractivity contribution in [1.82, 2.24) is 14.3 Å². The maximum atomic E-state index is 4.38. The molecule has 70 valence electrons. The minimum Gasteiger partial charge on any atom is -0.302 e. The van der Waals surface area contributed by atoms with Gasteiger partial charge in [-0.2, -0.15) is 4.37 Å². The molecule has 0 spiro atoms. The average Bonchev–Trinajstić information content (AvgIpc) is 2.52. The van der Waals surface area contributed by atoms with Gasteiger partial charge in [0.15, 0.2) is 0 Å². The van der Waals surface area contributed by atoms with Crippen molar-refractivity contribution in [3.8, 4) is 0 Å². The van der Waals surface area contributed by atoms with Gasteiger partial charge in [0.25, 0.3) is 0 Å². The van der Waals surface area contributed by atoms with Crippen molar-refractivity contribution >= 4 is 17.1 Å². The topological polar surface area (TPSA) is 29.0 Å². The van der Waals surface area contributed by atoms with Gasteiger partial charge in [0, 0.05) is 13.1 Å². The van der Waals surface area contributed by atoms with Crippen molar-refractivity contribution in [3.05, 3.63) is 16.9 Å². The molecular formula is C9H13N3S. The molecule has 2 rings (SSSR count). The number of aryl methyl sites for hydroxylation is 1. The van der Waals surface area contributed by atoms with Crippen molar-refractivity contribution in [2.45, 2.75) is 13.3 Å². The normalized spacial score (nSPS) is 18.8.